The molecule has 2 atom stereocenters. The van der Waals surface area contributed by atoms with Gasteiger partial charge < -0.3 is 14.6 Å². The second kappa shape index (κ2) is 5.87. The molecular formula is C14H20O4. The van der Waals surface area contributed by atoms with Gasteiger partial charge in [0.05, 0.1) is 19.6 Å². The first-order valence-electron chi connectivity index (χ1n) is 5.97. The average molecular weight is 252 g/mol. The fourth-order valence-electron chi connectivity index (χ4n) is 1.81. The molecule has 100 valence electrons. The Kier molecular flexibility index (Phi) is 4.73. The Labute approximate surface area is 108 Å². The number of benzene rings is 1. The number of methoxy groups -OCH3 is 1. The third kappa shape index (κ3) is 2.82. The van der Waals surface area contributed by atoms with Crippen molar-refractivity contribution in [3.63, 3.8) is 0 Å². The van der Waals surface area contributed by atoms with Gasteiger partial charge in [-0.1, -0.05) is 18.2 Å². The number of esters is 1. The number of aliphatic hydroxyl groups is 1. The lowest BCUT2D eigenvalue weighted by Crippen LogP contribution is -2.36. The van der Waals surface area contributed by atoms with Crippen LogP contribution in [0.25, 0.3) is 0 Å². The van der Waals surface area contributed by atoms with Crippen LogP contribution >= 0.6 is 0 Å². The highest BCUT2D eigenvalue weighted by Gasteiger charge is 2.38. The Hall–Kier alpha value is -1.55. The van der Waals surface area contributed by atoms with E-state index in [-0.39, 0.29) is 0 Å². The highest BCUT2D eigenvalue weighted by molar-refractivity contribution is 5.73. The topological polar surface area (TPSA) is 55.8 Å². The third-order valence-electron chi connectivity index (χ3n) is 3.13. The summed E-state index contributed by atoms with van der Waals surface area (Å²) in [6.45, 7) is 5.59. The van der Waals surface area contributed by atoms with E-state index < -0.39 is 17.5 Å². The maximum absolute atomic E-state index is 11.6. The van der Waals surface area contributed by atoms with Gasteiger partial charge in [0.1, 0.15) is 11.4 Å². The number of rotatable bonds is 5. The lowest BCUT2D eigenvalue weighted by atomic mass is 9.83. The molecule has 0 bridgehead atoms. The number of hydrogen-bond donors (Lipinski definition) is 1. The standard InChI is InChI=1S/C14H20O4/c1-5-18-12-9-7-6-8-11(12)14(3,16)10(2)13(15)17-4/h6-10,16H,5H2,1-4H3. The molecular weight excluding hydrogens is 232 g/mol. The number of ether oxygens (including phenoxy) is 2. The summed E-state index contributed by atoms with van der Waals surface area (Å²) in [5.74, 6) is -0.545. The number of carbonyl (C=O) groups is 1. The predicted molar refractivity (Wildman–Crippen MR) is 68.4 cm³/mol. The monoisotopic (exact) mass is 252 g/mol. The van der Waals surface area contributed by atoms with E-state index in [1.165, 1.54) is 7.11 Å². The van der Waals surface area contributed by atoms with Crippen molar-refractivity contribution in [2.75, 3.05) is 13.7 Å². The zero-order valence-corrected chi connectivity index (χ0v) is 11.3. The van der Waals surface area contributed by atoms with Crippen molar-refractivity contribution in [3.05, 3.63) is 29.8 Å². The van der Waals surface area contributed by atoms with E-state index in [0.29, 0.717) is 17.9 Å². The van der Waals surface area contributed by atoms with E-state index in [4.69, 9.17) is 4.74 Å². The van der Waals surface area contributed by atoms with Crippen LogP contribution in [0.15, 0.2) is 24.3 Å². The van der Waals surface area contributed by atoms with Crippen molar-refractivity contribution in [1.82, 2.24) is 0 Å². The maximum Gasteiger partial charge on any atom is 0.311 e. The van der Waals surface area contributed by atoms with E-state index in [1.807, 2.05) is 13.0 Å². The highest BCUT2D eigenvalue weighted by Crippen LogP contribution is 2.36. The fraction of sp³-hybridized carbons (Fsp3) is 0.500. The molecule has 2 unspecified atom stereocenters. The molecule has 0 aliphatic heterocycles. The van der Waals surface area contributed by atoms with Crippen molar-refractivity contribution in [2.24, 2.45) is 5.92 Å². The quantitative estimate of drug-likeness (QED) is 0.815. The lowest BCUT2D eigenvalue weighted by Gasteiger charge is -2.30. The van der Waals surface area contributed by atoms with Crippen LogP contribution < -0.4 is 4.74 Å². The SMILES string of the molecule is CCOc1ccccc1C(C)(O)C(C)C(=O)OC. The van der Waals surface area contributed by atoms with E-state index >= 15 is 0 Å². The molecule has 0 aromatic heterocycles. The Morgan fingerprint density at radius 1 is 1.44 bits per heavy atom. The minimum absolute atomic E-state index is 0.452. The van der Waals surface area contributed by atoms with E-state index in [2.05, 4.69) is 4.74 Å². The molecule has 0 aliphatic rings. The van der Waals surface area contributed by atoms with Crippen molar-refractivity contribution in [3.8, 4) is 5.75 Å². The summed E-state index contributed by atoms with van der Waals surface area (Å²) in [7, 11) is 1.31. The Morgan fingerprint density at radius 2 is 2.06 bits per heavy atom. The van der Waals surface area contributed by atoms with Gasteiger partial charge in [-0.15, -0.1) is 0 Å². The smallest absolute Gasteiger partial charge is 0.311 e. The third-order valence-corrected chi connectivity index (χ3v) is 3.13. The van der Waals surface area contributed by atoms with Crippen LogP contribution in [0.3, 0.4) is 0 Å². The molecule has 0 spiro atoms. The first-order valence-corrected chi connectivity index (χ1v) is 5.97. The molecule has 0 radical (unpaired) electrons. The van der Waals surface area contributed by atoms with Crippen molar-refractivity contribution in [2.45, 2.75) is 26.4 Å². The number of carbonyl (C=O) groups excluding carboxylic acids is 1. The van der Waals surface area contributed by atoms with Gasteiger partial charge in [-0.25, -0.2) is 0 Å². The van der Waals surface area contributed by atoms with Crippen LogP contribution in [0.4, 0.5) is 0 Å². The van der Waals surface area contributed by atoms with Crippen molar-refractivity contribution in [1.29, 1.82) is 0 Å². The molecule has 4 heteroatoms. The summed E-state index contributed by atoms with van der Waals surface area (Å²) in [5, 5.41) is 10.6. The van der Waals surface area contributed by atoms with Gasteiger partial charge >= 0.3 is 5.97 Å². The first kappa shape index (κ1) is 14.5. The minimum Gasteiger partial charge on any atom is -0.493 e. The lowest BCUT2D eigenvalue weighted by molar-refractivity contribution is -0.154. The van der Waals surface area contributed by atoms with E-state index in [1.54, 1.807) is 32.0 Å². The maximum atomic E-state index is 11.6. The zero-order chi connectivity index (χ0) is 13.8. The summed E-state index contributed by atoms with van der Waals surface area (Å²) in [6, 6.07) is 7.16. The minimum atomic E-state index is -1.33. The van der Waals surface area contributed by atoms with Crippen LogP contribution in [0.1, 0.15) is 26.3 Å². The van der Waals surface area contributed by atoms with Crippen molar-refractivity contribution < 1.29 is 19.4 Å². The molecule has 1 rings (SSSR count). The van der Waals surface area contributed by atoms with Crippen LogP contribution in [0, 0.1) is 5.92 Å². The molecule has 0 saturated carbocycles. The molecule has 0 aliphatic carbocycles. The first-order chi connectivity index (χ1) is 8.45. The summed E-state index contributed by atoms with van der Waals surface area (Å²) in [6.07, 6.45) is 0. The molecule has 1 N–H and O–H groups in total. The molecule has 1 aromatic rings. The zero-order valence-electron chi connectivity index (χ0n) is 11.3. The van der Waals surface area contributed by atoms with Gasteiger partial charge in [-0.05, 0) is 26.8 Å². The van der Waals surface area contributed by atoms with Gasteiger partial charge in [-0.3, -0.25) is 4.79 Å². The average Bonchev–Trinajstić information content (AvgIpc) is 2.37. The normalized spacial score (nSPS) is 15.6. The van der Waals surface area contributed by atoms with Gasteiger partial charge in [0.25, 0.3) is 0 Å². The Bertz CT molecular complexity index is 412. The fourth-order valence-corrected chi connectivity index (χ4v) is 1.81. The van der Waals surface area contributed by atoms with Crippen LogP contribution in [-0.2, 0) is 15.1 Å². The second-order valence-corrected chi connectivity index (χ2v) is 4.32. The molecule has 0 heterocycles. The van der Waals surface area contributed by atoms with E-state index in [0.717, 1.165) is 0 Å². The Morgan fingerprint density at radius 3 is 2.61 bits per heavy atom. The number of para-hydroxylation sites is 1. The van der Waals surface area contributed by atoms with Gasteiger partial charge in [0, 0.05) is 5.56 Å². The van der Waals surface area contributed by atoms with Crippen molar-refractivity contribution >= 4 is 5.97 Å². The van der Waals surface area contributed by atoms with Crippen LogP contribution in [0.5, 0.6) is 5.75 Å². The van der Waals surface area contributed by atoms with Crippen LogP contribution in [0.2, 0.25) is 0 Å². The second-order valence-electron chi connectivity index (χ2n) is 4.32. The molecule has 0 saturated heterocycles. The highest BCUT2D eigenvalue weighted by atomic mass is 16.5. The predicted octanol–water partition coefficient (Wildman–Crippen LogP) is 2.10. The Balaban J connectivity index is 3.14. The van der Waals surface area contributed by atoms with Crippen LogP contribution in [-0.4, -0.2) is 24.8 Å². The molecule has 0 amide bonds. The summed E-state index contributed by atoms with van der Waals surface area (Å²) >= 11 is 0. The van der Waals surface area contributed by atoms with Gasteiger partial charge in [0.2, 0.25) is 0 Å². The van der Waals surface area contributed by atoms with E-state index in [9.17, 15) is 9.90 Å². The van der Waals surface area contributed by atoms with Gasteiger partial charge in [0.15, 0.2) is 0 Å². The van der Waals surface area contributed by atoms with Gasteiger partial charge in [-0.2, -0.15) is 0 Å². The number of hydrogen-bond acceptors (Lipinski definition) is 4. The molecule has 18 heavy (non-hydrogen) atoms. The molecule has 0 fully saturated rings. The summed E-state index contributed by atoms with van der Waals surface area (Å²) < 4.78 is 10.2. The summed E-state index contributed by atoms with van der Waals surface area (Å²) in [5.41, 5.74) is -0.747. The largest absolute Gasteiger partial charge is 0.493 e. The summed E-state index contributed by atoms with van der Waals surface area (Å²) in [4.78, 5) is 11.6. The molecule has 1 aromatic carbocycles. The molecule has 4 nitrogen and oxygen atoms in total.